The Kier molecular flexibility index (Phi) is 6.94. The van der Waals surface area contributed by atoms with E-state index in [2.05, 4.69) is 54.9 Å². The molecule has 1 aromatic heterocycles. The first kappa shape index (κ1) is 20.6. The van der Waals surface area contributed by atoms with Gasteiger partial charge in [-0.05, 0) is 26.0 Å². The fourth-order valence-electron chi connectivity index (χ4n) is 3.23. The Morgan fingerprint density at radius 3 is 2.39 bits per heavy atom. The third-order valence-electron chi connectivity index (χ3n) is 4.94. The molecule has 1 aliphatic heterocycles. The van der Waals surface area contributed by atoms with Crippen LogP contribution >= 0.6 is 11.8 Å². The molecule has 1 amide bonds. The number of aryl methyl sites for hydroxylation is 2. The number of benzene rings is 1. The van der Waals surface area contributed by atoms with Crippen LogP contribution in [0.4, 0.5) is 5.82 Å². The van der Waals surface area contributed by atoms with Crippen LogP contribution in [0.2, 0.25) is 0 Å². The highest BCUT2D eigenvalue weighted by atomic mass is 32.2. The second kappa shape index (κ2) is 9.41. The van der Waals surface area contributed by atoms with Crippen LogP contribution in [0.25, 0.3) is 0 Å². The van der Waals surface area contributed by atoms with Crippen molar-refractivity contribution in [2.45, 2.75) is 44.9 Å². The molecule has 1 aliphatic rings. The number of nitrogens with zero attached hydrogens (tertiary/aromatic N) is 4. The van der Waals surface area contributed by atoms with Gasteiger partial charge in [0.2, 0.25) is 5.91 Å². The van der Waals surface area contributed by atoms with Crippen molar-refractivity contribution >= 4 is 23.5 Å². The van der Waals surface area contributed by atoms with Gasteiger partial charge in [0, 0.05) is 60.9 Å². The standard InChI is InChI=1S/C22H30N4OS/c1-16(2)22-23-18(4)15-20(24-22)25-10-12-26(13-11-25)21(27)9-14-28-19-7-5-17(3)6-8-19/h5-8,15-16H,9-14H2,1-4H3. The number of amides is 1. The second-order valence-corrected chi connectivity index (χ2v) is 8.83. The number of carbonyl (C=O) groups excluding carboxylic acids is 1. The maximum absolute atomic E-state index is 12.6. The van der Waals surface area contributed by atoms with Gasteiger partial charge in [0.1, 0.15) is 11.6 Å². The van der Waals surface area contributed by atoms with Crippen LogP contribution in [-0.2, 0) is 4.79 Å². The maximum atomic E-state index is 12.6. The first-order valence-corrected chi connectivity index (χ1v) is 11.0. The van der Waals surface area contributed by atoms with E-state index in [4.69, 9.17) is 4.98 Å². The van der Waals surface area contributed by atoms with Crippen LogP contribution in [0.15, 0.2) is 35.2 Å². The van der Waals surface area contributed by atoms with Crippen LogP contribution < -0.4 is 4.90 Å². The zero-order chi connectivity index (χ0) is 20.1. The van der Waals surface area contributed by atoms with Gasteiger partial charge in [-0.15, -0.1) is 11.8 Å². The van der Waals surface area contributed by atoms with E-state index in [0.29, 0.717) is 12.3 Å². The average molecular weight is 399 g/mol. The number of piperazine rings is 1. The molecule has 2 heterocycles. The summed E-state index contributed by atoms with van der Waals surface area (Å²) >= 11 is 1.75. The van der Waals surface area contributed by atoms with Crippen molar-refractivity contribution in [3.63, 3.8) is 0 Å². The van der Waals surface area contributed by atoms with E-state index < -0.39 is 0 Å². The zero-order valence-corrected chi connectivity index (χ0v) is 18.1. The summed E-state index contributed by atoms with van der Waals surface area (Å²) in [5, 5.41) is 0. The van der Waals surface area contributed by atoms with Gasteiger partial charge in [-0.2, -0.15) is 0 Å². The minimum absolute atomic E-state index is 0.251. The van der Waals surface area contributed by atoms with Crippen molar-refractivity contribution in [1.29, 1.82) is 0 Å². The molecule has 0 bridgehead atoms. The lowest BCUT2D eigenvalue weighted by Gasteiger charge is -2.35. The molecule has 150 valence electrons. The summed E-state index contributed by atoms with van der Waals surface area (Å²) in [6.07, 6.45) is 0.586. The Morgan fingerprint density at radius 1 is 1.07 bits per heavy atom. The molecular weight excluding hydrogens is 368 g/mol. The van der Waals surface area contributed by atoms with Gasteiger partial charge in [-0.3, -0.25) is 4.79 Å². The van der Waals surface area contributed by atoms with Crippen molar-refractivity contribution in [3.05, 3.63) is 47.4 Å². The van der Waals surface area contributed by atoms with Gasteiger partial charge in [0.05, 0.1) is 0 Å². The molecule has 3 rings (SSSR count). The smallest absolute Gasteiger partial charge is 0.223 e. The predicted molar refractivity (Wildman–Crippen MR) is 116 cm³/mol. The first-order valence-electron chi connectivity index (χ1n) is 10.00. The third-order valence-corrected chi connectivity index (χ3v) is 5.95. The van der Waals surface area contributed by atoms with Gasteiger partial charge in [0.25, 0.3) is 0 Å². The molecule has 1 aromatic carbocycles. The Morgan fingerprint density at radius 2 is 1.75 bits per heavy atom. The molecule has 5 nitrogen and oxygen atoms in total. The first-order chi connectivity index (χ1) is 13.4. The summed E-state index contributed by atoms with van der Waals surface area (Å²) in [6, 6.07) is 10.5. The van der Waals surface area contributed by atoms with Gasteiger partial charge < -0.3 is 9.80 Å². The van der Waals surface area contributed by atoms with E-state index in [1.807, 2.05) is 17.9 Å². The molecule has 0 spiro atoms. The molecule has 28 heavy (non-hydrogen) atoms. The summed E-state index contributed by atoms with van der Waals surface area (Å²) in [6.45, 7) is 11.5. The van der Waals surface area contributed by atoms with Crippen LogP contribution in [0.3, 0.4) is 0 Å². The highest BCUT2D eigenvalue weighted by Gasteiger charge is 2.22. The quantitative estimate of drug-likeness (QED) is 0.687. The van der Waals surface area contributed by atoms with Crippen molar-refractivity contribution in [2.75, 3.05) is 36.8 Å². The summed E-state index contributed by atoms with van der Waals surface area (Å²) in [4.78, 5) is 27.3. The summed E-state index contributed by atoms with van der Waals surface area (Å²) in [5.41, 5.74) is 2.26. The van der Waals surface area contributed by atoms with Crippen molar-refractivity contribution < 1.29 is 4.79 Å². The van der Waals surface area contributed by atoms with Crippen LogP contribution in [0, 0.1) is 13.8 Å². The Hall–Kier alpha value is -2.08. The van der Waals surface area contributed by atoms with Crippen molar-refractivity contribution in [2.24, 2.45) is 0 Å². The normalized spacial score (nSPS) is 14.6. The lowest BCUT2D eigenvalue weighted by atomic mass is 10.2. The molecule has 1 fully saturated rings. The van der Waals surface area contributed by atoms with Gasteiger partial charge in [-0.1, -0.05) is 31.5 Å². The van der Waals surface area contributed by atoms with Crippen LogP contribution in [-0.4, -0.2) is 52.7 Å². The summed E-state index contributed by atoms with van der Waals surface area (Å²) in [7, 11) is 0. The number of carbonyl (C=O) groups is 1. The minimum atomic E-state index is 0.251. The van der Waals surface area contributed by atoms with Gasteiger partial charge >= 0.3 is 0 Å². The lowest BCUT2D eigenvalue weighted by Crippen LogP contribution is -2.49. The highest BCUT2D eigenvalue weighted by Crippen LogP contribution is 2.21. The minimum Gasteiger partial charge on any atom is -0.353 e. The van der Waals surface area contributed by atoms with Gasteiger partial charge in [-0.25, -0.2) is 9.97 Å². The molecule has 0 unspecified atom stereocenters. The molecule has 0 aliphatic carbocycles. The Bertz CT molecular complexity index is 799. The summed E-state index contributed by atoms with van der Waals surface area (Å²) < 4.78 is 0. The third kappa shape index (κ3) is 5.47. The van der Waals surface area contributed by atoms with E-state index in [0.717, 1.165) is 49.3 Å². The van der Waals surface area contributed by atoms with Crippen LogP contribution in [0.1, 0.15) is 43.3 Å². The van der Waals surface area contributed by atoms with E-state index in [1.54, 1.807) is 11.8 Å². The molecule has 1 saturated heterocycles. The van der Waals surface area contributed by atoms with E-state index in [1.165, 1.54) is 10.5 Å². The largest absolute Gasteiger partial charge is 0.353 e. The summed E-state index contributed by atoms with van der Waals surface area (Å²) in [5.74, 6) is 3.26. The molecule has 2 aromatic rings. The number of aromatic nitrogens is 2. The second-order valence-electron chi connectivity index (χ2n) is 7.66. The zero-order valence-electron chi connectivity index (χ0n) is 17.3. The number of hydrogen-bond acceptors (Lipinski definition) is 5. The average Bonchev–Trinajstić information content (AvgIpc) is 2.69. The van der Waals surface area contributed by atoms with E-state index in [-0.39, 0.29) is 5.91 Å². The van der Waals surface area contributed by atoms with Crippen LogP contribution in [0.5, 0.6) is 0 Å². The van der Waals surface area contributed by atoms with Crippen molar-refractivity contribution in [1.82, 2.24) is 14.9 Å². The Labute approximate surface area is 172 Å². The predicted octanol–water partition coefficient (Wildman–Crippen LogP) is 4.05. The van der Waals surface area contributed by atoms with Crippen molar-refractivity contribution in [3.8, 4) is 0 Å². The highest BCUT2D eigenvalue weighted by molar-refractivity contribution is 7.99. The number of thioether (sulfide) groups is 1. The molecule has 0 N–H and O–H groups in total. The molecular formula is C22H30N4OS. The molecule has 0 atom stereocenters. The monoisotopic (exact) mass is 398 g/mol. The SMILES string of the molecule is Cc1ccc(SCCC(=O)N2CCN(c3cc(C)nc(C(C)C)n3)CC2)cc1. The molecule has 0 radical (unpaired) electrons. The maximum Gasteiger partial charge on any atom is 0.223 e. The fourth-order valence-corrected chi connectivity index (χ4v) is 4.07. The Balaban J connectivity index is 1.48. The van der Waals surface area contributed by atoms with Gasteiger partial charge in [0.15, 0.2) is 0 Å². The fraction of sp³-hybridized carbons (Fsp3) is 0.500. The van der Waals surface area contributed by atoms with E-state index >= 15 is 0 Å². The molecule has 0 saturated carbocycles. The molecule has 6 heteroatoms. The number of hydrogen-bond donors (Lipinski definition) is 0. The topological polar surface area (TPSA) is 49.3 Å². The number of anilines is 1. The number of rotatable bonds is 6. The van der Waals surface area contributed by atoms with E-state index in [9.17, 15) is 4.79 Å². The lowest BCUT2D eigenvalue weighted by molar-refractivity contribution is -0.131.